The molecule has 0 saturated heterocycles. The highest BCUT2D eigenvalue weighted by atomic mass is 16.4. The van der Waals surface area contributed by atoms with Gasteiger partial charge in [0.05, 0.1) is 19.3 Å². The average Bonchev–Trinajstić information content (AvgIpc) is 2.59. The monoisotopic (exact) mass is 362 g/mol. The maximum absolute atomic E-state index is 12.0. The van der Waals surface area contributed by atoms with Gasteiger partial charge in [-0.2, -0.15) is 0 Å². The molecule has 0 aliphatic carbocycles. The van der Waals surface area contributed by atoms with E-state index in [1.54, 1.807) is 6.92 Å². The first-order valence-electron chi connectivity index (χ1n) is 7.75. The molecule has 0 aromatic heterocycles. The molecule has 0 spiro atoms. The van der Waals surface area contributed by atoms with Crippen LogP contribution in [0.3, 0.4) is 0 Å². The van der Waals surface area contributed by atoms with Crippen LogP contribution in [0.5, 0.6) is 0 Å². The number of carboxylic acids is 1. The Bertz CT molecular complexity index is 486. The Morgan fingerprint density at radius 2 is 1.44 bits per heavy atom. The first kappa shape index (κ1) is 22.8. The number of carboxylic acid groups (broad SMARTS) is 1. The first-order valence-corrected chi connectivity index (χ1v) is 7.75. The van der Waals surface area contributed by atoms with Gasteiger partial charge >= 0.3 is 5.97 Å². The Morgan fingerprint density at radius 3 is 1.88 bits per heavy atom. The highest BCUT2D eigenvalue weighted by molar-refractivity contribution is 5.93. The van der Waals surface area contributed by atoms with Gasteiger partial charge in [-0.15, -0.1) is 0 Å². The molecule has 0 rings (SSSR count). The lowest BCUT2D eigenvalue weighted by Gasteiger charge is -2.23. The fourth-order valence-electron chi connectivity index (χ4n) is 1.73. The number of aliphatic carboxylic acids is 1. The van der Waals surface area contributed by atoms with Crippen LogP contribution < -0.4 is 21.7 Å². The molecule has 0 radical (unpaired) electrons. The van der Waals surface area contributed by atoms with E-state index in [2.05, 4.69) is 10.6 Å². The maximum Gasteiger partial charge on any atom is 0.322 e. The summed E-state index contributed by atoms with van der Waals surface area (Å²) >= 11 is 0. The van der Waals surface area contributed by atoms with Crippen molar-refractivity contribution in [1.82, 2.24) is 16.0 Å². The molecule has 8 N–H and O–H groups in total. The number of amides is 3. The molecule has 0 saturated carbocycles. The predicted octanol–water partition coefficient (Wildman–Crippen LogP) is -3.49. The molecule has 0 aromatic carbocycles. The van der Waals surface area contributed by atoms with Crippen molar-refractivity contribution >= 4 is 23.7 Å². The van der Waals surface area contributed by atoms with Crippen molar-refractivity contribution < 1.29 is 34.5 Å². The van der Waals surface area contributed by atoms with Crippen LogP contribution >= 0.6 is 0 Å². The lowest BCUT2D eigenvalue weighted by Crippen LogP contribution is -2.58. The van der Waals surface area contributed by atoms with Crippen LogP contribution in [0.15, 0.2) is 0 Å². The fraction of sp³-hybridized carbons (Fsp3) is 0.714. The minimum Gasteiger partial charge on any atom is -0.480 e. The molecular formula is C14H26N4O7. The predicted molar refractivity (Wildman–Crippen MR) is 86.1 cm³/mol. The van der Waals surface area contributed by atoms with Crippen LogP contribution in [0.2, 0.25) is 0 Å². The molecule has 0 fully saturated rings. The molecule has 4 unspecified atom stereocenters. The summed E-state index contributed by atoms with van der Waals surface area (Å²) in [5.41, 5.74) is 5.73. The lowest BCUT2D eigenvalue weighted by atomic mass is 9.99. The summed E-state index contributed by atoms with van der Waals surface area (Å²) in [6, 6.07) is -3.68. The summed E-state index contributed by atoms with van der Waals surface area (Å²) in [4.78, 5) is 46.1. The highest BCUT2D eigenvalue weighted by Crippen LogP contribution is 2.05. The molecule has 0 aromatic rings. The van der Waals surface area contributed by atoms with Gasteiger partial charge in [-0.05, 0) is 5.92 Å². The third-order valence-electron chi connectivity index (χ3n) is 3.60. The molecule has 11 heteroatoms. The van der Waals surface area contributed by atoms with Gasteiger partial charge in [-0.1, -0.05) is 20.3 Å². The summed E-state index contributed by atoms with van der Waals surface area (Å²) < 4.78 is 0. The average molecular weight is 362 g/mol. The van der Waals surface area contributed by atoms with Gasteiger partial charge in [-0.25, -0.2) is 0 Å². The Morgan fingerprint density at radius 1 is 0.960 bits per heavy atom. The smallest absolute Gasteiger partial charge is 0.322 e. The summed E-state index contributed by atoms with van der Waals surface area (Å²) in [6.45, 7) is 1.37. The second kappa shape index (κ2) is 11.3. The van der Waals surface area contributed by atoms with Crippen molar-refractivity contribution in [2.75, 3.05) is 19.8 Å². The van der Waals surface area contributed by atoms with Crippen LogP contribution in [0.25, 0.3) is 0 Å². The zero-order valence-corrected chi connectivity index (χ0v) is 14.2. The molecule has 0 aliphatic heterocycles. The number of nitrogens with two attached hydrogens (primary N) is 1. The van der Waals surface area contributed by atoms with Crippen LogP contribution in [-0.2, 0) is 19.2 Å². The molecule has 25 heavy (non-hydrogen) atoms. The van der Waals surface area contributed by atoms with Crippen molar-refractivity contribution in [3.63, 3.8) is 0 Å². The molecule has 0 bridgehead atoms. The van der Waals surface area contributed by atoms with E-state index in [0.717, 1.165) is 0 Å². The number of aliphatic hydroxyl groups is 2. The zero-order chi connectivity index (χ0) is 19.6. The third-order valence-corrected chi connectivity index (χ3v) is 3.60. The number of hydrogen-bond donors (Lipinski definition) is 7. The van der Waals surface area contributed by atoms with Gasteiger partial charge in [0, 0.05) is 0 Å². The standard InChI is InChI=1S/C14H26N4O7/c1-3-7(2)11(15)14(25)18-9(6-20)13(24)17-8(5-19)12(23)16-4-10(21)22/h7-9,11,19-20H,3-6,15H2,1-2H3,(H,16,23)(H,17,24)(H,18,25)(H,21,22). The molecule has 11 nitrogen and oxygen atoms in total. The van der Waals surface area contributed by atoms with Gasteiger partial charge in [0.25, 0.3) is 0 Å². The summed E-state index contributed by atoms with van der Waals surface area (Å²) in [5, 5.41) is 33.3. The minimum atomic E-state index is -1.43. The van der Waals surface area contributed by atoms with Gasteiger partial charge in [0.1, 0.15) is 18.6 Å². The summed E-state index contributed by atoms with van der Waals surface area (Å²) in [5.74, 6) is -3.92. The molecule has 0 aliphatic rings. The van der Waals surface area contributed by atoms with E-state index in [-0.39, 0.29) is 5.92 Å². The van der Waals surface area contributed by atoms with Gasteiger partial charge in [-0.3, -0.25) is 19.2 Å². The van der Waals surface area contributed by atoms with Gasteiger partial charge < -0.3 is 37.0 Å². The number of carbonyl (C=O) groups excluding carboxylic acids is 3. The molecule has 144 valence electrons. The largest absolute Gasteiger partial charge is 0.480 e. The molecule has 4 atom stereocenters. The normalized spacial score (nSPS) is 15.4. The first-order chi connectivity index (χ1) is 11.7. The van der Waals surface area contributed by atoms with E-state index in [1.807, 2.05) is 12.2 Å². The Balaban J connectivity index is 4.77. The number of rotatable bonds is 11. The molecule has 3 amide bonds. The second-order valence-electron chi connectivity index (χ2n) is 5.51. The van der Waals surface area contributed by atoms with Crippen LogP contribution in [0.4, 0.5) is 0 Å². The Hall–Kier alpha value is -2.24. The minimum absolute atomic E-state index is 0.144. The number of carbonyl (C=O) groups is 4. The van der Waals surface area contributed by atoms with Crippen molar-refractivity contribution in [2.24, 2.45) is 11.7 Å². The fourth-order valence-corrected chi connectivity index (χ4v) is 1.73. The number of hydrogen-bond acceptors (Lipinski definition) is 7. The quantitative estimate of drug-likeness (QED) is 0.197. The Kier molecular flexibility index (Phi) is 10.3. The van der Waals surface area contributed by atoms with E-state index >= 15 is 0 Å². The summed E-state index contributed by atoms with van der Waals surface area (Å²) in [7, 11) is 0. The lowest BCUT2D eigenvalue weighted by molar-refractivity contribution is -0.139. The summed E-state index contributed by atoms with van der Waals surface area (Å²) in [6.07, 6.45) is 0.640. The maximum atomic E-state index is 12.0. The number of nitrogens with one attached hydrogen (secondary N) is 3. The van der Waals surface area contributed by atoms with E-state index in [4.69, 9.17) is 15.9 Å². The highest BCUT2D eigenvalue weighted by Gasteiger charge is 2.28. The van der Waals surface area contributed by atoms with Crippen molar-refractivity contribution in [1.29, 1.82) is 0 Å². The van der Waals surface area contributed by atoms with Crippen LogP contribution in [0.1, 0.15) is 20.3 Å². The molecular weight excluding hydrogens is 336 g/mol. The van der Waals surface area contributed by atoms with Crippen molar-refractivity contribution in [3.05, 3.63) is 0 Å². The third kappa shape index (κ3) is 7.92. The van der Waals surface area contributed by atoms with Gasteiger partial charge in [0.15, 0.2) is 0 Å². The van der Waals surface area contributed by atoms with Crippen LogP contribution in [-0.4, -0.2) is 76.9 Å². The topological polar surface area (TPSA) is 191 Å². The van der Waals surface area contributed by atoms with E-state index in [9.17, 15) is 24.3 Å². The number of aliphatic hydroxyl groups excluding tert-OH is 2. The zero-order valence-electron chi connectivity index (χ0n) is 14.2. The Labute approximate surface area is 145 Å². The molecule has 0 heterocycles. The van der Waals surface area contributed by atoms with Crippen molar-refractivity contribution in [2.45, 2.75) is 38.4 Å². The SMILES string of the molecule is CCC(C)C(N)C(=O)NC(CO)C(=O)NC(CO)C(=O)NCC(=O)O. The van der Waals surface area contributed by atoms with E-state index in [1.165, 1.54) is 0 Å². The van der Waals surface area contributed by atoms with Crippen LogP contribution in [0, 0.1) is 5.92 Å². The second-order valence-corrected chi connectivity index (χ2v) is 5.51. The van der Waals surface area contributed by atoms with E-state index < -0.39 is 61.6 Å². The van der Waals surface area contributed by atoms with Gasteiger partial charge in [0.2, 0.25) is 17.7 Å². The van der Waals surface area contributed by atoms with Crippen molar-refractivity contribution in [3.8, 4) is 0 Å². The van der Waals surface area contributed by atoms with E-state index in [0.29, 0.717) is 6.42 Å².